The number of nitrogens with one attached hydrogen (secondary N) is 1. The van der Waals surface area contributed by atoms with E-state index < -0.39 is 0 Å². The molecule has 0 radical (unpaired) electrons. The Hall–Kier alpha value is -2.54. The fourth-order valence-corrected chi connectivity index (χ4v) is 4.01. The molecule has 2 aliphatic rings. The molecule has 1 aromatic heterocycles. The zero-order valence-corrected chi connectivity index (χ0v) is 16.3. The summed E-state index contributed by atoms with van der Waals surface area (Å²) in [7, 11) is 1.77. The number of urea groups is 1. The zero-order valence-electron chi connectivity index (χ0n) is 15.5. The van der Waals surface area contributed by atoms with Gasteiger partial charge in [0.1, 0.15) is 5.69 Å². The highest BCUT2D eigenvalue weighted by Crippen LogP contribution is 2.38. The number of amides is 2. The van der Waals surface area contributed by atoms with Crippen LogP contribution in [0.1, 0.15) is 32.6 Å². The summed E-state index contributed by atoms with van der Waals surface area (Å²) >= 11 is 6.07. The molecular weight excluding hydrogens is 364 g/mol. The van der Waals surface area contributed by atoms with Crippen LogP contribution < -0.4 is 15.2 Å². The van der Waals surface area contributed by atoms with E-state index in [-0.39, 0.29) is 12.1 Å². The molecule has 0 unspecified atom stereocenters. The molecule has 27 heavy (non-hydrogen) atoms. The Bertz CT molecular complexity index is 854. The van der Waals surface area contributed by atoms with E-state index in [0.717, 1.165) is 30.0 Å². The number of anilines is 4. The van der Waals surface area contributed by atoms with E-state index in [9.17, 15) is 4.79 Å². The zero-order chi connectivity index (χ0) is 19.0. The van der Waals surface area contributed by atoms with E-state index in [2.05, 4.69) is 15.3 Å². The minimum atomic E-state index is -0.0453. The first-order valence-electron chi connectivity index (χ1n) is 9.32. The van der Waals surface area contributed by atoms with Crippen LogP contribution in [0, 0.1) is 0 Å². The molecule has 0 saturated heterocycles. The molecular formula is C19H23ClN6O. The van der Waals surface area contributed by atoms with E-state index in [4.69, 9.17) is 16.6 Å². The number of hydrazine groups is 1. The summed E-state index contributed by atoms with van der Waals surface area (Å²) in [4.78, 5) is 23.6. The molecule has 1 aliphatic carbocycles. The topological polar surface area (TPSA) is 64.6 Å². The summed E-state index contributed by atoms with van der Waals surface area (Å²) in [6.45, 7) is 2.59. The van der Waals surface area contributed by atoms with Crippen LogP contribution in [0.25, 0.3) is 0 Å². The summed E-state index contributed by atoms with van der Waals surface area (Å²) in [6.07, 6.45) is 6.19. The van der Waals surface area contributed by atoms with Gasteiger partial charge in [-0.05, 0) is 38.0 Å². The summed E-state index contributed by atoms with van der Waals surface area (Å²) in [6, 6.07) is 7.68. The lowest BCUT2D eigenvalue weighted by atomic mass is 10.2. The molecule has 0 bridgehead atoms. The molecule has 8 heteroatoms. The summed E-state index contributed by atoms with van der Waals surface area (Å²) in [5.41, 5.74) is 1.55. The Morgan fingerprint density at radius 2 is 2.07 bits per heavy atom. The molecule has 0 atom stereocenters. The average Bonchev–Trinajstić information content (AvgIpc) is 3.18. The van der Waals surface area contributed by atoms with Crippen LogP contribution >= 0.6 is 11.6 Å². The predicted octanol–water partition coefficient (Wildman–Crippen LogP) is 4.43. The summed E-state index contributed by atoms with van der Waals surface area (Å²) in [5, 5.41) is 7.72. The quantitative estimate of drug-likeness (QED) is 0.842. The summed E-state index contributed by atoms with van der Waals surface area (Å²) < 4.78 is 0. The van der Waals surface area contributed by atoms with E-state index in [1.807, 2.05) is 31.2 Å². The lowest BCUT2D eigenvalue weighted by molar-refractivity contribution is 0.191. The van der Waals surface area contributed by atoms with Crippen LogP contribution in [-0.2, 0) is 0 Å². The molecule has 1 saturated carbocycles. The average molecular weight is 387 g/mol. The molecule has 0 spiro atoms. The van der Waals surface area contributed by atoms with Crippen molar-refractivity contribution in [2.75, 3.05) is 28.8 Å². The van der Waals surface area contributed by atoms with Crippen LogP contribution in [0.5, 0.6) is 0 Å². The maximum absolute atomic E-state index is 12.8. The number of aromatic nitrogens is 2. The van der Waals surface area contributed by atoms with Gasteiger partial charge in [0.2, 0.25) is 5.95 Å². The van der Waals surface area contributed by atoms with Gasteiger partial charge in [0.05, 0.1) is 12.2 Å². The predicted molar refractivity (Wildman–Crippen MR) is 108 cm³/mol. The van der Waals surface area contributed by atoms with Crippen molar-refractivity contribution in [3.05, 3.63) is 35.5 Å². The Balaban J connectivity index is 1.74. The van der Waals surface area contributed by atoms with E-state index in [1.54, 1.807) is 23.2 Å². The molecule has 7 nitrogen and oxygen atoms in total. The molecule has 4 rings (SSSR count). The first-order chi connectivity index (χ1) is 13.1. The number of fused-ring (bicyclic) bond motifs is 1. The third-order valence-electron chi connectivity index (χ3n) is 5.15. The van der Waals surface area contributed by atoms with Crippen molar-refractivity contribution in [2.45, 2.75) is 38.6 Å². The largest absolute Gasteiger partial charge is 0.343 e. The molecule has 2 amide bonds. The number of hydrogen-bond donors (Lipinski definition) is 1. The number of benzene rings is 1. The van der Waals surface area contributed by atoms with E-state index >= 15 is 0 Å². The second-order valence-corrected chi connectivity index (χ2v) is 7.31. The lowest BCUT2D eigenvalue weighted by Gasteiger charge is -2.45. The Labute approximate surface area is 163 Å². The number of nitrogens with zero attached hydrogens (tertiary/aromatic N) is 5. The monoisotopic (exact) mass is 386 g/mol. The Kier molecular flexibility index (Phi) is 4.78. The number of carbonyl (C=O) groups excluding carboxylic acids is 1. The third kappa shape index (κ3) is 3.27. The van der Waals surface area contributed by atoms with Crippen LogP contribution in [0.3, 0.4) is 0 Å². The second-order valence-electron chi connectivity index (χ2n) is 6.88. The van der Waals surface area contributed by atoms with Crippen molar-refractivity contribution in [1.82, 2.24) is 15.0 Å². The van der Waals surface area contributed by atoms with E-state index in [1.165, 1.54) is 12.8 Å². The van der Waals surface area contributed by atoms with Crippen LogP contribution in [-0.4, -0.2) is 40.6 Å². The van der Waals surface area contributed by atoms with Crippen LogP contribution in [0.15, 0.2) is 30.5 Å². The fraction of sp³-hybridized carbons (Fsp3) is 0.421. The first kappa shape index (κ1) is 17.9. The maximum Gasteiger partial charge on any atom is 0.343 e. The van der Waals surface area contributed by atoms with Gasteiger partial charge in [-0.15, -0.1) is 0 Å². The van der Waals surface area contributed by atoms with Crippen LogP contribution in [0.4, 0.5) is 27.9 Å². The fourth-order valence-electron chi connectivity index (χ4n) is 3.82. The van der Waals surface area contributed by atoms with Crippen molar-refractivity contribution < 1.29 is 4.79 Å². The molecule has 1 N–H and O–H groups in total. The first-order valence-corrected chi connectivity index (χ1v) is 9.70. The van der Waals surface area contributed by atoms with Gasteiger partial charge in [0.15, 0.2) is 5.82 Å². The number of hydrogen-bond acceptors (Lipinski definition) is 5. The molecule has 2 aromatic rings. The SMILES string of the molecule is CCN1C(=O)N(C)c2cnc(Nc3cccc(Cl)c3)nc2N1C1CCCC1. The highest BCUT2D eigenvalue weighted by Gasteiger charge is 2.39. The maximum atomic E-state index is 12.8. The van der Waals surface area contributed by atoms with Crippen molar-refractivity contribution in [2.24, 2.45) is 0 Å². The highest BCUT2D eigenvalue weighted by atomic mass is 35.5. The lowest BCUT2D eigenvalue weighted by Crippen LogP contribution is -2.59. The van der Waals surface area contributed by atoms with Crippen LogP contribution in [0.2, 0.25) is 5.02 Å². The van der Waals surface area contributed by atoms with Crippen molar-refractivity contribution in [1.29, 1.82) is 0 Å². The molecule has 1 aromatic carbocycles. The van der Waals surface area contributed by atoms with Crippen molar-refractivity contribution in [3.8, 4) is 0 Å². The smallest absolute Gasteiger partial charge is 0.324 e. The van der Waals surface area contributed by atoms with Crippen molar-refractivity contribution >= 4 is 40.8 Å². The van der Waals surface area contributed by atoms with Gasteiger partial charge in [-0.2, -0.15) is 4.98 Å². The molecule has 1 fully saturated rings. The number of halogens is 1. The third-order valence-corrected chi connectivity index (χ3v) is 5.38. The van der Waals surface area contributed by atoms with Gasteiger partial charge in [-0.1, -0.05) is 30.5 Å². The van der Waals surface area contributed by atoms with Gasteiger partial charge in [-0.3, -0.25) is 9.91 Å². The van der Waals surface area contributed by atoms with Gasteiger partial charge in [0, 0.05) is 24.3 Å². The van der Waals surface area contributed by atoms with Gasteiger partial charge < -0.3 is 5.32 Å². The molecule has 1 aliphatic heterocycles. The normalized spacial score (nSPS) is 17.4. The second kappa shape index (κ2) is 7.23. The molecule has 142 valence electrons. The standard InChI is InChI=1S/C19H23ClN6O/c1-3-25-19(27)24(2)16-12-21-18(22-14-8-6-7-13(20)11-14)23-17(16)26(25)15-9-4-5-10-15/h6-8,11-12,15H,3-5,9-10H2,1-2H3,(H,21,22,23). The van der Waals surface area contributed by atoms with Crippen molar-refractivity contribution in [3.63, 3.8) is 0 Å². The van der Waals surface area contributed by atoms with E-state index in [0.29, 0.717) is 17.5 Å². The Morgan fingerprint density at radius 3 is 2.78 bits per heavy atom. The summed E-state index contributed by atoms with van der Waals surface area (Å²) in [5.74, 6) is 1.25. The Morgan fingerprint density at radius 1 is 1.30 bits per heavy atom. The van der Waals surface area contributed by atoms with Gasteiger partial charge in [0.25, 0.3) is 0 Å². The minimum absolute atomic E-state index is 0.0453. The highest BCUT2D eigenvalue weighted by molar-refractivity contribution is 6.30. The molecule has 2 heterocycles. The van der Waals surface area contributed by atoms with Gasteiger partial charge in [-0.25, -0.2) is 14.8 Å². The number of carbonyl (C=O) groups is 1. The van der Waals surface area contributed by atoms with Gasteiger partial charge >= 0.3 is 6.03 Å². The minimum Gasteiger partial charge on any atom is -0.324 e. The number of rotatable bonds is 4.